The summed E-state index contributed by atoms with van der Waals surface area (Å²) in [7, 11) is 0. The van der Waals surface area contributed by atoms with Crippen molar-refractivity contribution >= 4 is 11.8 Å². The number of carbonyl (C=O) groups is 2. The molecule has 104 valence electrons. The van der Waals surface area contributed by atoms with Crippen LogP contribution in [0, 0.1) is 17.8 Å². The zero-order chi connectivity index (χ0) is 14.7. The summed E-state index contributed by atoms with van der Waals surface area (Å²) in [5.74, 6) is 5.34. The van der Waals surface area contributed by atoms with Crippen LogP contribution in [0.4, 0.5) is 0 Å². The Morgan fingerprint density at radius 1 is 1.35 bits per heavy atom. The number of nitrogens with zero attached hydrogens (tertiary/aromatic N) is 1. The van der Waals surface area contributed by atoms with E-state index in [1.807, 2.05) is 31.2 Å². The summed E-state index contributed by atoms with van der Waals surface area (Å²) < 4.78 is 0. The Morgan fingerprint density at radius 2 is 2.00 bits per heavy atom. The van der Waals surface area contributed by atoms with Crippen LogP contribution in [0.5, 0.6) is 0 Å². The third kappa shape index (κ3) is 2.73. The highest BCUT2D eigenvalue weighted by molar-refractivity contribution is 6.03. The third-order valence-corrected chi connectivity index (χ3v) is 3.52. The first-order valence-electron chi connectivity index (χ1n) is 6.69. The van der Waals surface area contributed by atoms with Crippen LogP contribution in [0.3, 0.4) is 0 Å². The molecule has 0 aliphatic carbocycles. The van der Waals surface area contributed by atoms with Gasteiger partial charge < -0.3 is 5.73 Å². The van der Waals surface area contributed by atoms with E-state index in [1.54, 1.807) is 6.92 Å². The molecule has 1 aromatic rings. The van der Waals surface area contributed by atoms with Gasteiger partial charge in [-0.3, -0.25) is 14.5 Å². The lowest BCUT2D eigenvalue weighted by Crippen LogP contribution is -2.33. The smallest absolute Gasteiger partial charge is 0.233 e. The van der Waals surface area contributed by atoms with Gasteiger partial charge in [0.1, 0.15) is 0 Å². The largest absolute Gasteiger partial charge is 0.320 e. The van der Waals surface area contributed by atoms with Gasteiger partial charge in [0.2, 0.25) is 11.8 Å². The fourth-order valence-electron chi connectivity index (χ4n) is 2.36. The maximum absolute atomic E-state index is 12.0. The van der Waals surface area contributed by atoms with Crippen molar-refractivity contribution in [2.24, 2.45) is 11.7 Å². The van der Waals surface area contributed by atoms with Crippen molar-refractivity contribution in [2.45, 2.75) is 26.3 Å². The first-order chi connectivity index (χ1) is 9.54. The lowest BCUT2D eigenvalue weighted by atomic mass is 10.0. The summed E-state index contributed by atoms with van der Waals surface area (Å²) >= 11 is 0. The number of amides is 2. The van der Waals surface area contributed by atoms with Crippen LogP contribution in [0.25, 0.3) is 0 Å². The summed E-state index contributed by atoms with van der Waals surface area (Å²) in [5, 5.41) is 0. The Balaban J connectivity index is 2.19. The van der Waals surface area contributed by atoms with E-state index in [0.29, 0.717) is 13.0 Å². The van der Waals surface area contributed by atoms with Crippen LogP contribution >= 0.6 is 0 Å². The van der Waals surface area contributed by atoms with Gasteiger partial charge in [-0.15, -0.1) is 0 Å². The van der Waals surface area contributed by atoms with Gasteiger partial charge in [-0.05, 0) is 24.6 Å². The van der Waals surface area contributed by atoms with Crippen molar-refractivity contribution in [3.05, 3.63) is 35.4 Å². The molecule has 0 saturated carbocycles. The van der Waals surface area contributed by atoms with Gasteiger partial charge >= 0.3 is 0 Å². The molecule has 2 rings (SSSR count). The predicted molar refractivity (Wildman–Crippen MR) is 76.4 cm³/mol. The van der Waals surface area contributed by atoms with E-state index < -0.39 is 0 Å². The Labute approximate surface area is 118 Å². The standard InChI is InChI=1S/C16H18N2O2/c1-11-10-15(19)18(16(11)20)12(2)14-7-5-13(6-8-14)4-3-9-17/h5-8,11-12H,9-10,17H2,1-2H3. The normalized spacial score (nSPS) is 19.8. The van der Waals surface area contributed by atoms with Crippen molar-refractivity contribution < 1.29 is 9.59 Å². The summed E-state index contributed by atoms with van der Waals surface area (Å²) in [6.45, 7) is 3.99. The zero-order valence-electron chi connectivity index (χ0n) is 11.7. The van der Waals surface area contributed by atoms with Crippen LogP contribution in [-0.4, -0.2) is 23.3 Å². The maximum Gasteiger partial charge on any atom is 0.233 e. The molecule has 0 bridgehead atoms. The molecule has 1 heterocycles. The van der Waals surface area contributed by atoms with Crippen molar-refractivity contribution in [3.63, 3.8) is 0 Å². The van der Waals surface area contributed by atoms with Crippen LogP contribution < -0.4 is 5.73 Å². The molecule has 1 fully saturated rings. The van der Waals surface area contributed by atoms with Gasteiger partial charge in [-0.25, -0.2) is 0 Å². The van der Waals surface area contributed by atoms with Crippen LogP contribution in [0.15, 0.2) is 24.3 Å². The van der Waals surface area contributed by atoms with E-state index in [0.717, 1.165) is 11.1 Å². The Hall–Kier alpha value is -2.12. The van der Waals surface area contributed by atoms with E-state index in [-0.39, 0.29) is 23.8 Å². The molecule has 1 aromatic carbocycles. The van der Waals surface area contributed by atoms with Gasteiger partial charge in [-0.1, -0.05) is 30.9 Å². The monoisotopic (exact) mass is 270 g/mol. The van der Waals surface area contributed by atoms with E-state index in [4.69, 9.17) is 5.73 Å². The predicted octanol–water partition coefficient (Wildman–Crippen LogP) is 1.45. The van der Waals surface area contributed by atoms with Gasteiger partial charge in [0, 0.05) is 17.9 Å². The molecule has 4 heteroatoms. The SMILES string of the molecule is CC1CC(=O)N(C(C)c2ccc(C#CCN)cc2)C1=O. The minimum atomic E-state index is -0.239. The molecule has 1 saturated heterocycles. The molecule has 20 heavy (non-hydrogen) atoms. The number of carbonyl (C=O) groups excluding carboxylic acids is 2. The molecule has 1 aliphatic heterocycles. The highest BCUT2D eigenvalue weighted by Crippen LogP contribution is 2.29. The van der Waals surface area contributed by atoms with Crippen molar-refractivity contribution in [2.75, 3.05) is 6.54 Å². The van der Waals surface area contributed by atoms with Gasteiger partial charge in [0.05, 0.1) is 12.6 Å². The second-order valence-corrected chi connectivity index (χ2v) is 5.01. The van der Waals surface area contributed by atoms with Gasteiger partial charge in [-0.2, -0.15) is 0 Å². The highest BCUT2D eigenvalue weighted by atomic mass is 16.2. The van der Waals surface area contributed by atoms with Crippen LogP contribution in [0.2, 0.25) is 0 Å². The number of hydrogen-bond donors (Lipinski definition) is 1. The minimum absolute atomic E-state index is 0.0884. The molecular formula is C16H18N2O2. The van der Waals surface area contributed by atoms with Crippen LogP contribution in [-0.2, 0) is 9.59 Å². The van der Waals surface area contributed by atoms with Crippen molar-refractivity contribution in [1.29, 1.82) is 0 Å². The zero-order valence-corrected chi connectivity index (χ0v) is 11.7. The quantitative estimate of drug-likeness (QED) is 0.653. The third-order valence-electron chi connectivity index (χ3n) is 3.52. The first kappa shape index (κ1) is 14.3. The Kier molecular flexibility index (Phi) is 4.21. The first-order valence-corrected chi connectivity index (χ1v) is 6.69. The fraction of sp³-hybridized carbons (Fsp3) is 0.375. The number of likely N-dealkylation sites (tertiary alicyclic amines) is 1. The number of nitrogens with two attached hydrogens (primary N) is 1. The molecule has 2 N–H and O–H groups in total. The molecule has 1 aliphatic rings. The molecule has 0 aromatic heterocycles. The van der Waals surface area contributed by atoms with E-state index in [2.05, 4.69) is 11.8 Å². The molecule has 2 unspecified atom stereocenters. The van der Waals surface area contributed by atoms with Gasteiger partial charge in [0.25, 0.3) is 0 Å². The number of rotatable bonds is 2. The number of benzene rings is 1. The molecule has 0 radical (unpaired) electrons. The summed E-state index contributed by atoms with van der Waals surface area (Å²) in [4.78, 5) is 25.3. The summed E-state index contributed by atoms with van der Waals surface area (Å²) in [5.41, 5.74) is 7.13. The Bertz CT molecular complexity index is 581. The minimum Gasteiger partial charge on any atom is -0.320 e. The lowest BCUT2D eigenvalue weighted by Gasteiger charge is -2.23. The summed E-state index contributed by atoms with van der Waals surface area (Å²) in [6, 6.07) is 7.31. The molecule has 2 amide bonds. The topological polar surface area (TPSA) is 63.4 Å². The average molecular weight is 270 g/mol. The van der Waals surface area contributed by atoms with Crippen LogP contribution in [0.1, 0.15) is 37.4 Å². The second-order valence-electron chi connectivity index (χ2n) is 5.01. The van der Waals surface area contributed by atoms with Gasteiger partial charge in [0.15, 0.2) is 0 Å². The summed E-state index contributed by atoms with van der Waals surface area (Å²) in [6.07, 6.45) is 0.309. The second kappa shape index (κ2) is 5.89. The maximum atomic E-state index is 12.0. The average Bonchev–Trinajstić information content (AvgIpc) is 2.70. The number of imide groups is 1. The molecule has 0 spiro atoms. The van der Waals surface area contributed by atoms with E-state index >= 15 is 0 Å². The molecule has 2 atom stereocenters. The highest BCUT2D eigenvalue weighted by Gasteiger charge is 2.38. The van der Waals surface area contributed by atoms with E-state index in [9.17, 15) is 9.59 Å². The van der Waals surface area contributed by atoms with Crippen molar-refractivity contribution in [1.82, 2.24) is 4.90 Å². The van der Waals surface area contributed by atoms with Crippen molar-refractivity contribution in [3.8, 4) is 11.8 Å². The van der Waals surface area contributed by atoms with E-state index in [1.165, 1.54) is 4.90 Å². The number of hydrogen-bond acceptors (Lipinski definition) is 3. The molecular weight excluding hydrogens is 252 g/mol. The Morgan fingerprint density at radius 3 is 2.50 bits per heavy atom. The molecule has 4 nitrogen and oxygen atoms in total. The fourth-order valence-corrected chi connectivity index (χ4v) is 2.36. The lowest BCUT2D eigenvalue weighted by molar-refractivity contribution is -0.141.